The van der Waals surface area contributed by atoms with E-state index in [2.05, 4.69) is 19.6 Å². The van der Waals surface area contributed by atoms with Gasteiger partial charge < -0.3 is 9.79 Å². The third-order valence-electron chi connectivity index (χ3n) is 3.13. The van der Waals surface area contributed by atoms with Gasteiger partial charge in [-0.05, 0) is 6.04 Å². The molecule has 0 amide bonds. The minimum Gasteiger partial charge on any atom is -0.324 e. The van der Waals surface area contributed by atoms with E-state index in [-0.39, 0.29) is 0 Å². The summed E-state index contributed by atoms with van der Waals surface area (Å²) in [4.78, 5) is 19.2. The van der Waals surface area contributed by atoms with Crippen LogP contribution in [0.25, 0.3) is 0 Å². The van der Waals surface area contributed by atoms with Crippen LogP contribution in [0, 0.1) is 0 Å². The van der Waals surface area contributed by atoms with E-state index in [1.54, 1.807) is 6.92 Å². The Kier molecular flexibility index (Phi) is 4.27. The van der Waals surface area contributed by atoms with Gasteiger partial charge in [0, 0.05) is 8.07 Å². The first-order valence-electron chi connectivity index (χ1n) is 5.26. The minimum atomic E-state index is -4.01. The summed E-state index contributed by atoms with van der Waals surface area (Å²) >= 11 is 0. The van der Waals surface area contributed by atoms with Gasteiger partial charge in [0.05, 0.1) is 12.9 Å². The molecule has 0 aromatic rings. The first-order chi connectivity index (χ1) is 6.21. The van der Waals surface area contributed by atoms with Crippen LogP contribution in [0.2, 0.25) is 45.3 Å². The molecule has 0 bridgehead atoms. The van der Waals surface area contributed by atoms with E-state index < -0.39 is 28.5 Å². The molecule has 0 fully saturated rings. The van der Waals surface area contributed by atoms with E-state index in [1.807, 2.05) is 19.6 Å². The number of hydrogen-bond acceptors (Lipinski definition) is 1. The third kappa shape index (κ3) is 3.82. The van der Waals surface area contributed by atoms with E-state index in [4.69, 9.17) is 0 Å². The van der Waals surface area contributed by atoms with Crippen LogP contribution in [0.3, 0.4) is 0 Å². The van der Waals surface area contributed by atoms with Gasteiger partial charge in [0.1, 0.15) is 0 Å². The molecule has 0 aromatic carbocycles. The maximum atomic E-state index is 11.7. The lowest BCUT2D eigenvalue weighted by atomic mass is 10.5. The Morgan fingerprint density at radius 1 is 1.07 bits per heavy atom. The van der Waals surface area contributed by atoms with Crippen molar-refractivity contribution in [3.05, 3.63) is 0 Å². The van der Waals surface area contributed by atoms with Gasteiger partial charge >= 0.3 is 7.60 Å². The van der Waals surface area contributed by atoms with Gasteiger partial charge in [-0.15, -0.1) is 0 Å². The largest absolute Gasteiger partial charge is 0.328 e. The van der Waals surface area contributed by atoms with Crippen molar-refractivity contribution in [3.63, 3.8) is 0 Å². The van der Waals surface area contributed by atoms with Gasteiger partial charge in [-0.1, -0.05) is 46.2 Å². The van der Waals surface area contributed by atoms with Crippen molar-refractivity contribution >= 4 is 23.7 Å². The van der Waals surface area contributed by atoms with Crippen LogP contribution in [0.15, 0.2) is 0 Å². The fourth-order valence-corrected chi connectivity index (χ4v) is 13.4. The first kappa shape index (κ1) is 15.6. The Morgan fingerprint density at radius 3 is 1.47 bits per heavy atom. The zero-order chi connectivity index (χ0) is 12.7. The standard InChI is InChI=1S/C9H25O3PSi2/c1-9(13(10,11)12,15(5,6)7)8-14(2,3)4/h8H2,1-7H3,(H2,10,11,12). The highest BCUT2D eigenvalue weighted by molar-refractivity contribution is 7.57. The second-order valence-electron chi connectivity index (χ2n) is 6.81. The fourth-order valence-electron chi connectivity index (χ4n) is 1.84. The molecule has 0 aromatic heterocycles. The number of rotatable bonds is 4. The van der Waals surface area contributed by atoms with Crippen molar-refractivity contribution in [1.29, 1.82) is 0 Å². The van der Waals surface area contributed by atoms with Crippen LogP contribution >= 0.6 is 7.60 Å². The van der Waals surface area contributed by atoms with E-state index in [0.717, 1.165) is 0 Å². The van der Waals surface area contributed by atoms with Crippen LogP contribution in [-0.2, 0) is 4.57 Å². The Balaban J connectivity index is 5.36. The smallest absolute Gasteiger partial charge is 0.324 e. The predicted molar refractivity (Wildman–Crippen MR) is 71.9 cm³/mol. The first-order valence-corrected chi connectivity index (χ1v) is 14.1. The highest BCUT2D eigenvalue weighted by Gasteiger charge is 2.53. The molecular weight excluding hydrogens is 243 g/mol. The van der Waals surface area contributed by atoms with Crippen molar-refractivity contribution < 1.29 is 14.4 Å². The van der Waals surface area contributed by atoms with Crippen molar-refractivity contribution in [1.82, 2.24) is 0 Å². The molecule has 0 saturated heterocycles. The molecule has 6 heteroatoms. The van der Waals surface area contributed by atoms with E-state index >= 15 is 0 Å². The highest BCUT2D eigenvalue weighted by atomic mass is 31.2. The quantitative estimate of drug-likeness (QED) is 0.608. The summed E-state index contributed by atoms with van der Waals surface area (Å²) in [5.41, 5.74) is 0. The molecule has 15 heavy (non-hydrogen) atoms. The molecular formula is C9H25O3PSi2. The average molecular weight is 268 g/mol. The summed E-state index contributed by atoms with van der Waals surface area (Å²) in [6.07, 6.45) is 0. The van der Waals surface area contributed by atoms with Gasteiger partial charge in [0.2, 0.25) is 0 Å². The number of hydrogen-bond donors (Lipinski definition) is 2. The molecule has 0 saturated carbocycles. The lowest BCUT2D eigenvalue weighted by molar-refractivity contribution is 0.354. The van der Waals surface area contributed by atoms with Crippen LogP contribution in [0.1, 0.15) is 6.92 Å². The summed E-state index contributed by atoms with van der Waals surface area (Å²) in [7, 11) is -7.36. The van der Waals surface area contributed by atoms with Gasteiger partial charge in [0.15, 0.2) is 0 Å². The molecule has 0 aliphatic rings. The van der Waals surface area contributed by atoms with Crippen molar-refractivity contribution in [3.8, 4) is 0 Å². The highest BCUT2D eigenvalue weighted by Crippen LogP contribution is 2.58. The van der Waals surface area contributed by atoms with Gasteiger partial charge in [-0.3, -0.25) is 4.57 Å². The Hall–Kier alpha value is 0.584. The maximum Gasteiger partial charge on any atom is 0.328 e. The van der Waals surface area contributed by atoms with Crippen LogP contribution in [0.4, 0.5) is 0 Å². The molecule has 0 rings (SSSR count). The van der Waals surface area contributed by atoms with Gasteiger partial charge in [-0.2, -0.15) is 0 Å². The minimum absolute atomic E-state index is 0.708. The second kappa shape index (κ2) is 4.11. The summed E-state index contributed by atoms with van der Waals surface area (Å²) in [6.45, 7) is 14.4. The molecule has 92 valence electrons. The van der Waals surface area contributed by atoms with Crippen molar-refractivity contribution in [2.24, 2.45) is 0 Å². The van der Waals surface area contributed by atoms with E-state index in [0.29, 0.717) is 6.04 Å². The topological polar surface area (TPSA) is 57.5 Å². The fraction of sp³-hybridized carbons (Fsp3) is 1.00. The normalized spacial score (nSPS) is 18.7. The average Bonchev–Trinajstić information content (AvgIpc) is 1.77. The molecule has 3 nitrogen and oxygen atoms in total. The van der Waals surface area contributed by atoms with Crippen molar-refractivity contribution in [2.45, 2.75) is 57.0 Å². The van der Waals surface area contributed by atoms with Crippen LogP contribution in [-0.4, -0.2) is 30.7 Å². The summed E-state index contributed by atoms with van der Waals surface area (Å²) in [5, 5.41) is 0. The molecule has 1 unspecified atom stereocenters. The SMILES string of the molecule is CC(C[Si](C)(C)C)([Si](C)(C)C)P(=O)(O)O. The lowest BCUT2D eigenvalue weighted by Gasteiger charge is -2.43. The molecule has 0 aliphatic heterocycles. The van der Waals surface area contributed by atoms with Crippen LogP contribution in [0.5, 0.6) is 0 Å². The second-order valence-corrected chi connectivity index (χ2v) is 20.4. The van der Waals surface area contributed by atoms with E-state index in [1.165, 1.54) is 0 Å². The summed E-state index contributed by atoms with van der Waals surface area (Å²) < 4.78 is 11.0. The molecule has 1 atom stereocenters. The van der Waals surface area contributed by atoms with Gasteiger partial charge in [0.25, 0.3) is 0 Å². The van der Waals surface area contributed by atoms with Crippen molar-refractivity contribution in [2.75, 3.05) is 0 Å². The molecule has 0 spiro atoms. The maximum absolute atomic E-state index is 11.7. The molecule has 0 heterocycles. The Labute approximate surface area is 95.5 Å². The molecule has 0 radical (unpaired) electrons. The monoisotopic (exact) mass is 268 g/mol. The summed E-state index contributed by atoms with van der Waals surface area (Å²) in [6, 6.07) is 0.708. The van der Waals surface area contributed by atoms with Crippen LogP contribution < -0.4 is 0 Å². The Bertz CT molecular complexity index is 274. The Morgan fingerprint density at radius 2 is 1.40 bits per heavy atom. The zero-order valence-electron chi connectivity index (χ0n) is 11.0. The summed E-state index contributed by atoms with van der Waals surface area (Å²) in [5.74, 6) is 0. The molecule has 2 N–H and O–H groups in total. The predicted octanol–water partition coefficient (Wildman–Crippen LogP) is 3.14. The third-order valence-corrected chi connectivity index (χ3v) is 13.3. The zero-order valence-corrected chi connectivity index (χ0v) is 13.9. The van der Waals surface area contributed by atoms with Gasteiger partial charge in [-0.25, -0.2) is 0 Å². The molecule has 0 aliphatic carbocycles. The van der Waals surface area contributed by atoms with E-state index in [9.17, 15) is 14.4 Å². The lowest BCUT2D eigenvalue weighted by Crippen LogP contribution is -2.53.